The van der Waals surface area contributed by atoms with Gasteiger partial charge in [-0.2, -0.15) is 0 Å². The number of rotatable bonds is 8. The van der Waals surface area contributed by atoms with Crippen LogP contribution in [0.2, 0.25) is 0 Å². The second-order valence-corrected chi connectivity index (χ2v) is 4.78. The first-order chi connectivity index (χ1) is 10.3. The van der Waals surface area contributed by atoms with E-state index in [9.17, 15) is 5.11 Å². The van der Waals surface area contributed by atoms with Gasteiger partial charge < -0.3 is 15.2 Å². The molecule has 3 heteroatoms. The minimum absolute atomic E-state index is 0.107. The lowest BCUT2D eigenvalue weighted by molar-refractivity contribution is 0.243. The number of nitrogens with one attached hydrogen (secondary N) is 1. The van der Waals surface area contributed by atoms with Gasteiger partial charge in [-0.15, -0.1) is 0 Å². The summed E-state index contributed by atoms with van der Waals surface area (Å²) in [6, 6.07) is 17.7. The molecule has 0 amide bonds. The SMILES string of the molecule is C=COCCCNC(c1ccccc1)c1ccc(O)cc1. The molecule has 0 fully saturated rings. The van der Waals surface area contributed by atoms with E-state index in [1.807, 2.05) is 30.3 Å². The predicted molar refractivity (Wildman–Crippen MR) is 85.2 cm³/mol. The van der Waals surface area contributed by atoms with Crippen molar-refractivity contribution in [2.45, 2.75) is 12.5 Å². The highest BCUT2D eigenvalue weighted by Crippen LogP contribution is 2.23. The van der Waals surface area contributed by atoms with Crippen LogP contribution in [0.5, 0.6) is 5.75 Å². The van der Waals surface area contributed by atoms with Gasteiger partial charge in [0, 0.05) is 0 Å². The van der Waals surface area contributed by atoms with E-state index in [2.05, 4.69) is 24.0 Å². The zero-order chi connectivity index (χ0) is 14.9. The lowest BCUT2D eigenvalue weighted by Gasteiger charge is -2.20. The van der Waals surface area contributed by atoms with Crippen LogP contribution in [-0.2, 0) is 4.74 Å². The van der Waals surface area contributed by atoms with Crippen LogP contribution in [-0.4, -0.2) is 18.3 Å². The molecular weight excluding hydrogens is 262 g/mol. The maximum atomic E-state index is 9.44. The lowest BCUT2D eigenvalue weighted by atomic mass is 9.98. The number of benzene rings is 2. The first kappa shape index (κ1) is 15.1. The summed E-state index contributed by atoms with van der Waals surface area (Å²) in [5.74, 6) is 0.282. The second kappa shape index (κ2) is 8.12. The summed E-state index contributed by atoms with van der Waals surface area (Å²) in [5.41, 5.74) is 2.33. The Balaban J connectivity index is 2.07. The normalized spacial score (nSPS) is 11.8. The van der Waals surface area contributed by atoms with Gasteiger partial charge in [-0.25, -0.2) is 0 Å². The van der Waals surface area contributed by atoms with E-state index in [0.717, 1.165) is 18.5 Å². The molecule has 1 unspecified atom stereocenters. The molecule has 3 nitrogen and oxygen atoms in total. The molecule has 0 aromatic heterocycles. The summed E-state index contributed by atoms with van der Waals surface area (Å²) < 4.78 is 5.13. The average Bonchev–Trinajstić information content (AvgIpc) is 2.53. The van der Waals surface area contributed by atoms with Gasteiger partial charge >= 0.3 is 0 Å². The van der Waals surface area contributed by atoms with Crippen molar-refractivity contribution in [1.29, 1.82) is 0 Å². The van der Waals surface area contributed by atoms with Crippen molar-refractivity contribution in [3.63, 3.8) is 0 Å². The minimum atomic E-state index is 0.107. The van der Waals surface area contributed by atoms with Crippen molar-refractivity contribution in [2.75, 3.05) is 13.2 Å². The third-order valence-corrected chi connectivity index (χ3v) is 3.26. The molecule has 21 heavy (non-hydrogen) atoms. The van der Waals surface area contributed by atoms with Crippen LogP contribution in [0.4, 0.5) is 0 Å². The van der Waals surface area contributed by atoms with E-state index in [0.29, 0.717) is 6.61 Å². The Morgan fingerprint density at radius 2 is 1.71 bits per heavy atom. The molecule has 0 bridgehead atoms. The fraction of sp³-hybridized carbons (Fsp3) is 0.222. The van der Waals surface area contributed by atoms with Crippen molar-refractivity contribution >= 4 is 0 Å². The Kier molecular flexibility index (Phi) is 5.85. The van der Waals surface area contributed by atoms with E-state index >= 15 is 0 Å². The molecule has 0 aliphatic heterocycles. The van der Waals surface area contributed by atoms with Gasteiger partial charge in [0.2, 0.25) is 0 Å². The Hall–Kier alpha value is -2.26. The van der Waals surface area contributed by atoms with Crippen molar-refractivity contribution < 1.29 is 9.84 Å². The highest BCUT2D eigenvalue weighted by atomic mass is 16.5. The topological polar surface area (TPSA) is 41.5 Å². The van der Waals surface area contributed by atoms with Crippen LogP contribution in [0.1, 0.15) is 23.6 Å². The zero-order valence-corrected chi connectivity index (χ0v) is 12.0. The number of hydrogen-bond acceptors (Lipinski definition) is 3. The van der Waals surface area contributed by atoms with Crippen molar-refractivity contribution in [2.24, 2.45) is 0 Å². The summed E-state index contributed by atoms with van der Waals surface area (Å²) in [5, 5.41) is 13.0. The van der Waals surface area contributed by atoms with E-state index in [-0.39, 0.29) is 11.8 Å². The molecular formula is C18H21NO2. The van der Waals surface area contributed by atoms with E-state index in [1.54, 1.807) is 12.1 Å². The van der Waals surface area contributed by atoms with Gasteiger partial charge in [-0.1, -0.05) is 49.0 Å². The number of phenolic OH excluding ortho intramolecular Hbond substituents is 1. The van der Waals surface area contributed by atoms with Gasteiger partial charge in [0.15, 0.2) is 0 Å². The summed E-state index contributed by atoms with van der Waals surface area (Å²) in [6.07, 6.45) is 2.38. The molecule has 2 N–H and O–H groups in total. The molecule has 2 rings (SSSR count). The standard InChI is InChI=1S/C18H21NO2/c1-2-21-14-6-13-19-18(15-7-4-3-5-8-15)16-9-11-17(20)12-10-16/h2-5,7-12,18-20H,1,6,13-14H2. The molecule has 0 radical (unpaired) electrons. The summed E-state index contributed by atoms with van der Waals surface area (Å²) >= 11 is 0. The zero-order valence-electron chi connectivity index (χ0n) is 12.0. The first-order valence-corrected chi connectivity index (χ1v) is 7.11. The maximum absolute atomic E-state index is 9.44. The molecule has 0 aliphatic carbocycles. The molecule has 2 aromatic carbocycles. The smallest absolute Gasteiger partial charge is 0.115 e. The van der Waals surface area contributed by atoms with Crippen LogP contribution in [0.3, 0.4) is 0 Å². The second-order valence-electron chi connectivity index (χ2n) is 4.78. The van der Waals surface area contributed by atoms with E-state index < -0.39 is 0 Å². The van der Waals surface area contributed by atoms with E-state index in [4.69, 9.17) is 4.74 Å². The lowest BCUT2D eigenvalue weighted by Crippen LogP contribution is -2.24. The molecule has 110 valence electrons. The Bertz CT molecular complexity index is 537. The first-order valence-electron chi connectivity index (χ1n) is 7.11. The molecule has 0 saturated carbocycles. The highest BCUT2D eigenvalue weighted by molar-refractivity contribution is 5.34. The average molecular weight is 283 g/mol. The summed E-state index contributed by atoms with van der Waals surface area (Å²) in [7, 11) is 0. The molecule has 0 saturated heterocycles. The monoisotopic (exact) mass is 283 g/mol. The van der Waals surface area contributed by atoms with Crippen molar-refractivity contribution in [1.82, 2.24) is 5.32 Å². The Morgan fingerprint density at radius 1 is 1.05 bits per heavy atom. The van der Waals surface area contributed by atoms with Crippen LogP contribution >= 0.6 is 0 Å². The predicted octanol–water partition coefficient (Wildman–Crippen LogP) is 3.62. The molecule has 0 heterocycles. The fourth-order valence-corrected chi connectivity index (χ4v) is 2.23. The highest BCUT2D eigenvalue weighted by Gasteiger charge is 2.12. The van der Waals surface area contributed by atoms with Crippen molar-refractivity contribution in [3.05, 3.63) is 78.6 Å². The van der Waals surface area contributed by atoms with Crippen molar-refractivity contribution in [3.8, 4) is 5.75 Å². The molecule has 0 aliphatic rings. The third-order valence-electron chi connectivity index (χ3n) is 3.26. The molecule has 2 aromatic rings. The summed E-state index contributed by atoms with van der Waals surface area (Å²) in [6.45, 7) is 5.03. The van der Waals surface area contributed by atoms with Gasteiger partial charge in [0.05, 0.1) is 18.9 Å². The third kappa shape index (κ3) is 4.65. The molecule has 0 spiro atoms. The number of phenols is 1. The quantitative estimate of drug-likeness (QED) is 0.574. The largest absolute Gasteiger partial charge is 0.508 e. The Morgan fingerprint density at radius 3 is 2.38 bits per heavy atom. The fourth-order valence-electron chi connectivity index (χ4n) is 2.23. The minimum Gasteiger partial charge on any atom is -0.508 e. The van der Waals surface area contributed by atoms with Crippen LogP contribution in [0.15, 0.2) is 67.4 Å². The van der Waals surface area contributed by atoms with E-state index in [1.165, 1.54) is 11.8 Å². The number of hydrogen-bond donors (Lipinski definition) is 2. The number of ether oxygens (including phenoxy) is 1. The molecule has 1 atom stereocenters. The van der Waals surface area contributed by atoms with Crippen LogP contribution < -0.4 is 5.32 Å². The van der Waals surface area contributed by atoms with Gasteiger partial charge in [0.25, 0.3) is 0 Å². The van der Waals surface area contributed by atoms with Gasteiger partial charge in [-0.3, -0.25) is 0 Å². The van der Waals surface area contributed by atoms with Gasteiger partial charge in [-0.05, 0) is 36.2 Å². The van der Waals surface area contributed by atoms with Gasteiger partial charge in [0.1, 0.15) is 5.75 Å². The summed E-state index contributed by atoms with van der Waals surface area (Å²) in [4.78, 5) is 0. The Labute approximate surface area is 125 Å². The van der Waals surface area contributed by atoms with Crippen LogP contribution in [0, 0.1) is 0 Å². The van der Waals surface area contributed by atoms with Crippen LogP contribution in [0.25, 0.3) is 0 Å². The maximum Gasteiger partial charge on any atom is 0.115 e. The number of aromatic hydroxyl groups is 1.